The third kappa shape index (κ3) is 5.43. The van der Waals surface area contributed by atoms with Gasteiger partial charge in [-0.1, -0.05) is 36.1 Å². The van der Waals surface area contributed by atoms with E-state index in [0.717, 1.165) is 27.8 Å². The Balaban J connectivity index is 1.27. The zero-order valence-corrected chi connectivity index (χ0v) is 19.5. The number of hydrogen-bond acceptors (Lipinski definition) is 5. The predicted octanol–water partition coefficient (Wildman–Crippen LogP) is 4.27. The van der Waals surface area contributed by atoms with Gasteiger partial charge in [0.1, 0.15) is 15.9 Å². The summed E-state index contributed by atoms with van der Waals surface area (Å²) in [5.41, 5.74) is 2.66. The van der Waals surface area contributed by atoms with Gasteiger partial charge in [-0.25, -0.2) is 4.39 Å². The number of methoxy groups -OCH3 is 1. The van der Waals surface area contributed by atoms with E-state index < -0.39 is 0 Å². The fraction of sp³-hybridized carbons (Fsp3) is 0.208. The number of thiocarbonyl (C=S) groups is 1. The van der Waals surface area contributed by atoms with Crippen molar-refractivity contribution in [3.8, 4) is 5.75 Å². The number of rotatable bonds is 8. The Morgan fingerprint density at radius 3 is 2.82 bits per heavy atom. The fourth-order valence-corrected chi connectivity index (χ4v) is 4.85. The van der Waals surface area contributed by atoms with Crippen molar-refractivity contribution in [2.45, 2.75) is 12.8 Å². The molecule has 1 aromatic heterocycles. The number of nitrogens with zero attached hydrogens (tertiary/aromatic N) is 1. The second-order valence-corrected chi connectivity index (χ2v) is 9.14. The summed E-state index contributed by atoms with van der Waals surface area (Å²) in [4.78, 5) is 30.1. The molecule has 0 bridgehead atoms. The number of nitrogens with one attached hydrogen (secondary N) is 2. The number of benzene rings is 2. The summed E-state index contributed by atoms with van der Waals surface area (Å²) in [6, 6.07) is 12.0. The zero-order valence-electron chi connectivity index (χ0n) is 17.9. The first-order chi connectivity index (χ1) is 15.9. The number of fused-ring (bicyclic) bond motifs is 1. The van der Waals surface area contributed by atoms with Crippen molar-refractivity contribution >= 4 is 57.1 Å². The van der Waals surface area contributed by atoms with E-state index in [0.29, 0.717) is 22.2 Å². The van der Waals surface area contributed by atoms with Gasteiger partial charge in [0.25, 0.3) is 5.91 Å². The van der Waals surface area contributed by atoms with Crippen molar-refractivity contribution in [3.05, 3.63) is 70.5 Å². The molecule has 1 aliphatic heterocycles. The molecule has 4 rings (SSSR count). The Morgan fingerprint density at radius 2 is 2.06 bits per heavy atom. The summed E-state index contributed by atoms with van der Waals surface area (Å²) in [5, 5.41) is 3.67. The molecule has 170 valence electrons. The molecule has 1 saturated heterocycles. The second-order valence-electron chi connectivity index (χ2n) is 7.46. The predicted molar refractivity (Wildman–Crippen MR) is 132 cm³/mol. The Bertz CT molecular complexity index is 1240. The molecule has 1 aliphatic rings. The number of H-pyrrole nitrogens is 1. The van der Waals surface area contributed by atoms with Crippen LogP contribution in [0, 0.1) is 5.82 Å². The van der Waals surface area contributed by atoms with Crippen LogP contribution in [0.5, 0.6) is 5.75 Å². The van der Waals surface area contributed by atoms with Gasteiger partial charge in [-0.2, -0.15) is 0 Å². The van der Waals surface area contributed by atoms with Gasteiger partial charge in [-0.05, 0) is 54.0 Å². The minimum absolute atomic E-state index is 0.144. The van der Waals surface area contributed by atoms with Gasteiger partial charge in [0.2, 0.25) is 5.91 Å². The van der Waals surface area contributed by atoms with E-state index in [1.165, 1.54) is 28.8 Å². The number of thioether (sulfide) groups is 1. The third-order valence-corrected chi connectivity index (χ3v) is 6.67. The van der Waals surface area contributed by atoms with Crippen LogP contribution in [0.3, 0.4) is 0 Å². The van der Waals surface area contributed by atoms with Crippen LogP contribution in [-0.2, 0) is 16.0 Å². The SMILES string of the molecule is COc1ccc(/C=C2\SC(=S)N(CCC(=O)NCCc3c[nH]c4ccc(F)cc34)C2=O)cc1. The van der Waals surface area contributed by atoms with Crippen LogP contribution in [0.4, 0.5) is 4.39 Å². The highest BCUT2D eigenvalue weighted by molar-refractivity contribution is 8.26. The highest BCUT2D eigenvalue weighted by atomic mass is 32.2. The van der Waals surface area contributed by atoms with E-state index in [-0.39, 0.29) is 30.6 Å². The van der Waals surface area contributed by atoms with Crippen molar-refractivity contribution in [1.82, 2.24) is 15.2 Å². The molecule has 2 heterocycles. The van der Waals surface area contributed by atoms with Gasteiger partial charge in [0, 0.05) is 36.6 Å². The summed E-state index contributed by atoms with van der Waals surface area (Å²) >= 11 is 6.57. The molecule has 2 aromatic carbocycles. The van der Waals surface area contributed by atoms with Gasteiger partial charge in [-0.15, -0.1) is 0 Å². The highest BCUT2D eigenvalue weighted by Gasteiger charge is 2.32. The van der Waals surface area contributed by atoms with Crippen molar-refractivity contribution in [1.29, 1.82) is 0 Å². The molecule has 2 amide bonds. The van der Waals surface area contributed by atoms with E-state index in [1.54, 1.807) is 19.3 Å². The number of ether oxygens (including phenoxy) is 1. The van der Waals surface area contributed by atoms with Crippen LogP contribution < -0.4 is 10.1 Å². The van der Waals surface area contributed by atoms with E-state index in [9.17, 15) is 14.0 Å². The van der Waals surface area contributed by atoms with Crippen LogP contribution in [0.15, 0.2) is 53.6 Å². The van der Waals surface area contributed by atoms with Crippen LogP contribution in [0.25, 0.3) is 17.0 Å². The minimum atomic E-state index is -0.295. The zero-order chi connectivity index (χ0) is 23.4. The first-order valence-corrected chi connectivity index (χ1v) is 11.6. The Morgan fingerprint density at radius 1 is 1.27 bits per heavy atom. The lowest BCUT2D eigenvalue weighted by Gasteiger charge is -2.14. The molecule has 6 nitrogen and oxygen atoms in total. The van der Waals surface area contributed by atoms with E-state index >= 15 is 0 Å². The van der Waals surface area contributed by atoms with E-state index in [2.05, 4.69) is 10.3 Å². The minimum Gasteiger partial charge on any atom is -0.497 e. The third-order valence-electron chi connectivity index (χ3n) is 5.30. The van der Waals surface area contributed by atoms with Crippen LogP contribution in [0.2, 0.25) is 0 Å². The van der Waals surface area contributed by atoms with Gasteiger partial charge >= 0.3 is 0 Å². The molecule has 0 saturated carbocycles. The molecule has 0 aliphatic carbocycles. The molecule has 33 heavy (non-hydrogen) atoms. The summed E-state index contributed by atoms with van der Waals surface area (Å²) in [7, 11) is 1.60. The standard InChI is InChI=1S/C24H22FN3O3S2/c1-31-18-5-2-15(3-6-18)12-21-23(30)28(24(32)33-21)11-9-22(29)26-10-8-16-14-27-20-7-4-17(25)13-19(16)20/h2-7,12-14,27H,8-11H2,1H3,(H,26,29)/b21-12-. The summed E-state index contributed by atoms with van der Waals surface area (Å²) in [6.07, 6.45) is 4.32. The number of hydrogen-bond donors (Lipinski definition) is 2. The van der Waals surface area contributed by atoms with Gasteiger partial charge in [-0.3, -0.25) is 14.5 Å². The summed E-state index contributed by atoms with van der Waals surface area (Å²) in [6.45, 7) is 0.632. The largest absolute Gasteiger partial charge is 0.497 e. The number of carbonyl (C=O) groups is 2. The maximum atomic E-state index is 13.5. The first-order valence-electron chi connectivity index (χ1n) is 10.4. The quantitative estimate of drug-likeness (QED) is 0.370. The maximum absolute atomic E-state index is 13.5. The Labute approximate surface area is 200 Å². The number of carbonyl (C=O) groups excluding carboxylic acids is 2. The molecule has 0 atom stereocenters. The van der Waals surface area contributed by atoms with Crippen molar-refractivity contribution in [3.63, 3.8) is 0 Å². The van der Waals surface area contributed by atoms with E-state index in [1.807, 2.05) is 30.5 Å². The average Bonchev–Trinajstić information content (AvgIpc) is 3.32. The molecule has 0 spiro atoms. The van der Waals surface area contributed by atoms with E-state index in [4.69, 9.17) is 17.0 Å². The van der Waals surface area contributed by atoms with Crippen LogP contribution in [0.1, 0.15) is 17.5 Å². The Kier molecular flexibility index (Phi) is 7.10. The van der Waals surface area contributed by atoms with Crippen molar-refractivity contribution in [2.24, 2.45) is 0 Å². The lowest BCUT2D eigenvalue weighted by atomic mass is 10.1. The average molecular weight is 484 g/mol. The van der Waals surface area contributed by atoms with Crippen LogP contribution in [-0.4, -0.2) is 46.2 Å². The lowest BCUT2D eigenvalue weighted by molar-refractivity contribution is -0.123. The molecular weight excluding hydrogens is 461 g/mol. The highest BCUT2D eigenvalue weighted by Crippen LogP contribution is 2.32. The first kappa shape index (κ1) is 23.0. The number of aromatic amines is 1. The smallest absolute Gasteiger partial charge is 0.266 e. The molecule has 0 unspecified atom stereocenters. The van der Waals surface area contributed by atoms with Gasteiger partial charge in [0.05, 0.1) is 12.0 Å². The van der Waals surface area contributed by atoms with Gasteiger partial charge in [0.15, 0.2) is 0 Å². The number of amides is 2. The van der Waals surface area contributed by atoms with Crippen molar-refractivity contribution < 1.29 is 18.7 Å². The molecule has 9 heteroatoms. The number of halogens is 1. The molecule has 0 radical (unpaired) electrons. The lowest BCUT2D eigenvalue weighted by Crippen LogP contribution is -2.34. The fourth-order valence-electron chi connectivity index (χ4n) is 3.54. The monoisotopic (exact) mass is 483 g/mol. The van der Waals surface area contributed by atoms with Gasteiger partial charge < -0.3 is 15.0 Å². The summed E-state index contributed by atoms with van der Waals surface area (Å²) < 4.78 is 19.1. The maximum Gasteiger partial charge on any atom is 0.266 e. The molecule has 2 N–H and O–H groups in total. The van der Waals surface area contributed by atoms with Crippen LogP contribution >= 0.6 is 24.0 Å². The molecule has 3 aromatic rings. The molecular formula is C24H22FN3O3S2. The second kappa shape index (κ2) is 10.2. The normalized spacial score (nSPS) is 15.0. The Hall–Kier alpha value is -3.17. The summed E-state index contributed by atoms with van der Waals surface area (Å²) in [5.74, 6) is 0.0723. The number of aromatic nitrogens is 1. The topological polar surface area (TPSA) is 74.4 Å². The van der Waals surface area contributed by atoms with Crippen molar-refractivity contribution in [2.75, 3.05) is 20.2 Å². The molecule has 1 fully saturated rings.